The SMILES string of the molecule is CCCCCCOC1C(=O)N(C(C(=O)Nc2cc(S(N)(=O)=O)ccc2Cl)C(=O)C2(C)CC2)C(=O)N1C. The van der Waals surface area contributed by atoms with Crippen molar-refractivity contribution in [3.8, 4) is 0 Å². The summed E-state index contributed by atoms with van der Waals surface area (Å²) in [6, 6.07) is 0.783. The number of hydrogen-bond acceptors (Lipinski definition) is 7. The number of carbonyl (C=O) groups excluding carboxylic acids is 4. The van der Waals surface area contributed by atoms with E-state index in [1.165, 1.54) is 13.1 Å². The average Bonchev–Trinajstić information content (AvgIpc) is 3.53. The molecule has 1 aromatic rings. The van der Waals surface area contributed by atoms with Gasteiger partial charge in [0.05, 0.1) is 15.6 Å². The van der Waals surface area contributed by atoms with Crippen molar-refractivity contribution in [3.05, 3.63) is 23.2 Å². The number of hydrogen-bond donors (Lipinski definition) is 2. The summed E-state index contributed by atoms with van der Waals surface area (Å²) in [6.07, 6.45) is 3.37. The summed E-state index contributed by atoms with van der Waals surface area (Å²) in [7, 11) is -2.75. The lowest BCUT2D eigenvalue weighted by molar-refractivity contribution is -0.148. The van der Waals surface area contributed by atoms with Crippen molar-refractivity contribution in [2.45, 2.75) is 69.5 Å². The van der Waals surface area contributed by atoms with Crippen LogP contribution in [0.2, 0.25) is 5.02 Å². The van der Waals surface area contributed by atoms with Gasteiger partial charge in [-0.25, -0.2) is 23.3 Å². The Morgan fingerprint density at radius 1 is 1.25 bits per heavy atom. The minimum Gasteiger partial charge on any atom is -0.349 e. The van der Waals surface area contributed by atoms with Gasteiger partial charge in [-0.2, -0.15) is 0 Å². The van der Waals surface area contributed by atoms with Crippen molar-refractivity contribution in [1.82, 2.24) is 9.80 Å². The van der Waals surface area contributed by atoms with E-state index in [0.29, 0.717) is 24.2 Å². The lowest BCUT2D eigenvalue weighted by Crippen LogP contribution is -2.54. The number of urea groups is 1. The number of imide groups is 1. The zero-order valence-corrected chi connectivity index (χ0v) is 22.0. The summed E-state index contributed by atoms with van der Waals surface area (Å²) in [5.41, 5.74) is -1.00. The largest absolute Gasteiger partial charge is 0.349 e. The standard InChI is InChI=1S/C23H31ClN4O7S/c1-4-5-6-7-12-35-21-20(31)28(22(32)27(21)3)17(18(29)23(2)10-11-23)19(30)26-16-13-14(36(25,33)34)8-9-15(16)24/h8-9,13,17,21H,4-7,10-12H2,1-3H3,(H,26,30)(H2,25,33,34). The molecule has 2 unspecified atom stereocenters. The van der Waals surface area contributed by atoms with Crippen LogP contribution in [0.1, 0.15) is 52.4 Å². The molecule has 1 saturated carbocycles. The van der Waals surface area contributed by atoms with E-state index in [4.69, 9.17) is 21.5 Å². The fraction of sp³-hybridized carbons (Fsp3) is 0.565. The summed E-state index contributed by atoms with van der Waals surface area (Å²) < 4.78 is 29.1. The molecular formula is C23H31ClN4O7S. The molecule has 198 valence electrons. The fourth-order valence-corrected chi connectivity index (χ4v) is 4.59. The molecule has 2 atom stereocenters. The number of halogens is 1. The fourth-order valence-electron chi connectivity index (χ4n) is 3.89. The number of Topliss-reactive ketones (excluding diaryl/α,β-unsaturated/α-hetero) is 1. The molecule has 2 aliphatic rings. The molecule has 36 heavy (non-hydrogen) atoms. The zero-order chi connectivity index (χ0) is 26.8. The first-order valence-electron chi connectivity index (χ1n) is 11.7. The van der Waals surface area contributed by atoms with Crippen LogP contribution in [0.5, 0.6) is 0 Å². The number of likely N-dealkylation sites (N-methyl/N-ethyl adjacent to an activating group) is 1. The van der Waals surface area contributed by atoms with E-state index < -0.39 is 51.3 Å². The van der Waals surface area contributed by atoms with E-state index in [2.05, 4.69) is 12.2 Å². The number of ketones is 1. The highest BCUT2D eigenvalue weighted by Gasteiger charge is 2.57. The van der Waals surface area contributed by atoms with Crippen LogP contribution in [0, 0.1) is 5.41 Å². The quantitative estimate of drug-likeness (QED) is 0.233. The Balaban J connectivity index is 1.88. The van der Waals surface area contributed by atoms with Crippen molar-refractivity contribution in [3.63, 3.8) is 0 Å². The molecule has 1 aliphatic carbocycles. The third kappa shape index (κ3) is 5.88. The Morgan fingerprint density at radius 2 is 1.92 bits per heavy atom. The maximum atomic E-state index is 13.4. The second-order valence-corrected chi connectivity index (χ2v) is 11.4. The zero-order valence-electron chi connectivity index (χ0n) is 20.5. The number of nitrogens with two attached hydrogens (primary N) is 1. The molecule has 2 fully saturated rings. The number of unbranched alkanes of at least 4 members (excludes halogenated alkanes) is 3. The number of nitrogens with one attached hydrogen (secondary N) is 1. The van der Waals surface area contributed by atoms with Crippen LogP contribution in [-0.2, 0) is 29.1 Å². The third-order valence-electron chi connectivity index (χ3n) is 6.46. The van der Waals surface area contributed by atoms with Gasteiger partial charge in [0.1, 0.15) is 0 Å². The van der Waals surface area contributed by atoms with E-state index in [9.17, 15) is 27.6 Å². The van der Waals surface area contributed by atoms with Gasteiger partial charge in [0.25, 0.3) is 11.8 Å². The lowest BCUT2D eigenvalue weighted by Gasteiger charge is -2.26. The number of ether oxygens (including phenoxy) is 1. The molecule has 11 nitrogen and oxygen atoms in total. The summed E-state index contributed by atoms with van der Waals surface area (Å²) in [5, 5.41) is 7.53. The summed E-state index contributed by atoms with van der Waals surface area (Å²) in [6.45, 7) is 3.95. The van der Waals surface area contributed by atoms with Crippen LogP contribution >= 0.6 is 11.6 Å². The Hall–Kier alpha value is -2.54. The van der Waals surface area contributed by atoms with Gasteiger partial charge in [-0.3, -0.25) is 19.3 Å². The number of rotatable bonds is 12. The van der Waals surface area contributed by atoms with Crippen molar-refractivity contribution in [1.29, 1.82) is 0 Å². The number of carbonyl (C=O) groups is 4. The molecule has 13 heteroatoms. The molecule has 3 N–H and O–H groups in total. The van der Waals surface area contributed by atoms with Gasteiger partial charge in [-0.05, 0) is 37.5 Å². The molecule has 1 heterocycles. The van der Waals surface area contributed by atoms with Crippen LogP contribution in [0.4, 0.5) is 10.5 Å². The highest BCUT2D eigenvalue weighted by atomic mass is 35.5. The maximum absolute atomic E-state index is 13.4. The Morgan fingerprint density at radius 3 is 2.50 bits per heavy atom. The monoisotopic (exact) mass is 542 g/mol. The van der Waals surface area contributed by atoms with Crippen molar-refractivity contribution >= 4 is 50.9 Å². The van der Waals surface area contributed by atoms with Crippen LogP contribution in [-0.4, -0.2) is 67.8 Å². The third-order valence-corrected chi connectivity index (χ3v) is 7.70. The number of benzene rings is 1. The predicted molar refractivity (Wildman–Crippen MR) is 131 cm³/mol. The van der Waals surface area contributed by atoms with Crippen LogP contribution < -0.4 is 10.5 Å². The Kier molecular flexibility index (Phi) is 8.44. The van der Waals surface area contributed by atoms with Gasteiger partial charge in [-0.1, -0.05) is 44.7 Å². The van der Waals surface area contributed by atoms with Gasteiger partial charge in [0, 0.05) is 19.1 Å². The summed E-state index contributed by atoms with van der Waals surface area (Å²) in [4.78, 5) is 54.4. The average molecular weight is 543 g/mol. The van der Waals surface area contributed by atoms with Gasteiger partial charge in [0.15, 0.2) is 11.8 Å². The van der Waals surface area contributed by atoms with Crippen molar-refractivity contribution in [2.24, 2.45) is 10.6 Å². The molecule has 1 aliphatic heterocycles. The molecule has 3 rings (SSSR count). The summed E-state index contributed by atoms with van der Waals surface area (Å²) in [5.74, 6) is -2.42. The van der Waals surface area contributed by atoms with E-state index in [1.54, 1.807) is 6.92 Å². The molecule has 1 saturated heterocycles. The smallest absolute Gasteiger partial charge is 0.330 e. The van der Waals surface area contributed by atoms with Gasteiger partial charge < -0.3 is 10.1 Å². The molecule has 4 amide bonds. The first kappa shape index (κ1) is 28.0. The number of primary sulfonamides is 1. The summed E-state index contributed by atoms with van der Waals surface area (Å²) >= 11 is 6.12. The second-order valence-electron chi connectivity index (χ2n) is 9.39. The van der Waals surface area contributed by atoms with E-state index in [-0.39, 0.29) is 22.2 Å². The molecule has 0 aromatic heterocycles. The van der Waals surface area contributed by atoms with Gasteiger partial charge in [-0.15, -0.1) is 0 Å². The van der Waals surface area contributed by atoms with E-state index >= 15 is 0 Å². The van der Waals surface area contributed by atoms with Crippen LogP contribution in [0.25, 0.3) is 0 Å². The minimum atomic E-state index is -4.11. The van der Waals surface area contributed by atoms with Gasteiger partial charge >= 0.3 is 6.03 Å². The van der Waals surface area contributed by atoms with E-state index in [1.807, 2.05) is 0 Å². The molecular weight excluding hydrogens is 512 g/mol. The predicted octanol–water partition coefficient (Wildman–Crippen LogP) is 2.48. The van der Waals surface area contributed by atoms with Crippen LogP contribution in [0.3, 0.4) is 0 Å². The topological polar surface area (TPSA) is 156 Å². The lowest BCUT2D eigenvalue weighted by atomic mass is 9.95. The minimum absolute atomic E-state index is 0.0240. The highest BCUT2D eigenvalue weighted by molar-refractivity contribution is 7.89. The number of nitrogens with zero attached hydrogens (tertiary/aromatic N) is 2. The number of anilines is 1. The van der Waals surface area contributed by atoms with E-state index in [0.717, 1.165) is 36.3 Å². The number of amides is 4. The molecule has 0 bridgehead atoms. The highest BCUT2D eigenvalue weighted by Crippen LogP contribution is 2.47. The Labute approximate surface area is 215 Å². The Bertz CT molecular complexity index is 1170. The number of sulfonamides is 1. The van der Waals surface area contributed by atoms with Crippen LogP contribution in [0.15, 0.2) is 23.1 Å². The van der Waals surface area contributed by atoms with Crippen molar-refractivity contribution < 1.29 is 32.3 Å². The normalized spacial score (nSPS) is 20.0. The van der Waals surface area contributed by atoms with Gasteiger partial charge in [0.2, 0.25) is 16.3 Å². The first-order chi connectivity index (χ1) is 16.8. The second kappa shape index (κ2) is 10.8. The molecule has 0 spiro atoms. The van der Waals surface area contributed by atoms with Crippen molar-refractivity contribution in [2.75, 3.05) is 19.0 Å². The molecule has 1 aromatic carbocycles. The maximum Gasteiger partial charge on any atom is 0.330 e. The molecule has 0 radical (unpaired) electrons. The first-order valence-corrected chi connectivity index (χ1v) is 13.6.